The largest absolute Gasteiger partial charge is 0.449 e. The van der Waals surface area contributed by atoms with E-state index in [4.69, 9.17) is 4.74 Å². The maximum absolute atomic E-state index is 12.7. The number of ether oxygens (including phenoxy) is 1. The van der Waals surface area contributed by atoms with Crippen molar-refractivity contribution in [3.63, 3.8) is 0 Å². The Hall–Kier alpha value is -4.60. The predicted octanol–water partition coefficient (Wildman–Crippen LogP) is 3.49. The van der Waals surface area contributed by atoms with Crippen LogP contribution in [-0.4, -0.2) is 37.5 Å². The van der Waals surface area contributed by atoms with Gasteiger partial charge in [-0.05, 0) is 19.1 Å². The smallest absolute Gasteiger partial charge is 0.344 e. The molecule has 1 amide bonds. The summed E-state index contributed by atoms with van der Waals surface area (Å²) < 4.78 is 6.79. The topological polar surface area (TPSA) is 129 Å². The van der Waals surface area contributed by atoms with Crippen molar-refractivity contribution in [3.8, 4) is 11.3 Å². The maximum Gasteiger partial charge on any atom is 0.344 e. The summed E-state index contributed by atoms with van der Waals surface area (Å²) in [7, 11) is 0. The number of amides is 1. The minimum Gasteiger partial charge on any atom is -0.449 e. The molecule has 0 aliphatic carbocycles. The molecule has 0 unspecified atom stereocenters. The van der Waals surface area contributed by atoms with E-state index in [1.165, 1.54) is 35.8 Å². The summed E-state index contributed by atoms with van der Waals surface area (Å²) in [5, 5.41) is 17.8. The van der Waals surface area contributed by atoms with Crippen LogP contribution in [0, 0.1) is 10.1 Å². The number of para-hydroxylation sites is 2. The van der Waals surface area contributed by atoms with Crippen LogP contribution in [-0.2, 0) is 9.53 Å². The van der Waals surface area contributed by atoms with E-state index >= 15 is 0 Å². The molecule has 0 spiro atoms. The number of hydrogen-bond donors (Lipinski definition) is 1. The highest BCUT2D eigenvalue weighted by molar-refractivity contribution is 6.00. The molecule has 10 nitrogen and oxygen atoms in total. The fourth-order valence-electron chi connectivity index (χ4n) is 3.11. The normalized spacial score (nSPS) is 11.7. The molecule has 0 saturated carbocycles. The van der Waals surface area contributed by atoms with Crippen LogP contribution in [0.3, 0.4) is 0 Å². The lowest BCUT2D eigenvalue weighted by atomic mass is 10.1. The quantitative estimate of drug-likeness (QED) is 0.281. The molecule has 0 bridgehead atoms. The molecule has 2 heterocycles. The highest BCUT2D eigenvalue weighted by Crippen LogP contribution is 2.24. The van der Waals surface area contributed by atoms with Crippen LogP contribution in [0.15, 0.2) is 73.1 Å². The fraction of sp³-hybridized carbons (Fsp3) is 0.0909. The van der Waals surface area contributed by atoms with Gasteiger partial charge in [0.1, 0.15) is 11.3 Å². The first-order chi connectivity index (χ1) is 15.5. The lowest BCUT2D eigenvalue weighted by molar-refractivity contribution is -0.383. The van der Waals surface area contributed by atoms with Gasteiger partial charge in [0.15, 0.2) is 11.8 Å². The van der Waals surface area contributed by atoms with E-state index in [-0.39, 0.29) is 22.6 Å². The Bertz CT molecular complexity index is 1320. The molecular weight excluding hydrogens is 414 g/mol. The van der Waals surface area contributed by atoms with Crippen molar-refractivity contribution in [3.05, 3.63) is 88.7 Å². The number of esters is 1. The molecule has 0 fully saturated rings. The first kappa shape index (κ1) is 20.7. The van der Waals surface area contributed by atoms with E-state index in [1.54, 1.807) is 18.3 Å². The van der Waals surface area contributed by atoms with Gasteiger partial charge in [-0.2, -0.15) is 5.10 Å². The summed E-state index contributed by atoms with van der Waals surface area (Å²) in [4.78, 5) is 39.9. The number of anilines is 1. The Morgan fingerprint density at radius 1 is 1.09 bits per heavy atom. The van der Waals surface area contributed by atoms with Crippen molar-refractivity contribution in [1.29, 1.82) is 0 Å². The highest BCUT2D eigenvalue weighted by atomic mass is 16.6. The van der Waals surface area contributed by atoms with Crippen molar-refractivity contribution < 1.29 is 19.2 Å². The van der Waals surface area contributed by atoms with Crippen molar-refractivity contribution >= 4 is 28.9 Å². The number of fused-ring (bicyclic) bond motifs is 1. The third kappa shape index (κ3) is 4.01. The number of benzene rings is 2. The Morgan fingerprint density at radius 2 is 1.81 bits per heavy atom. The summed E-state index contributed by atoms with van der Waals surface area (Å²) in [6.45, 7) is 1.37. The van der Waals surface area contributed by atoms with Crippen molar-refractivity contribution in [1.82, 2.24) is 14.6 Å². The van der Waals surface area contributed by atoms with E-state index in [9.17, 15) is 19.7 Å². The van der Waals surface area contributed by atoms with Gasteiger partial charge in [0.25, 0.3) is 11.6 Å². The SMILES string of the molecule is C[C@H](OC(=O)c1cnn2c(-c3ccccc3)ccnc12)C(=O)Nc1ccccc1[N+](=O)[O-]. The van der Waals surface area contributed by atoms with Gasteiger partial charge in [-0.15, -0.1) is 0 Å². The van der Waals surface area contributed by atoms with Crippen LogP contribution < -0.4 is 5.32 Å². The molecule has 2 aromatic heterocycles. The summed E-state index contributed by atoms with van der Waals surface area (Å²) >= 11 is 0. The molecule has 2 aromatic carbocycles. The summed E-state index contributed by atoms with van der Waals surface area (Å²) in [6, 6.07) is 16.9. The minimum atomic E-state index is -1.21. The second kappa shape index (κ2) is 8.64. The monoisotopic (exact) mass is 431 g/mol. The number of hydrogen-bond acceptors (Lipinski definition) is 7. The lowest BCUT2D eigenvalue weighted by Crippen LogP contribution is -2.30. The lowest BCUT2D eigenvalue weighted by Gasteiger charge is -2.13. The molecule has 1 N–H and O–H groups in total. The molecule has 1 atom stereocenters. The number of carbonyl (C=O) groups is 2. The maximum atomic E-state index is 12.7. The Balaban J connectivity index is 1.53. The van der Waals surface area contributed by atoms with E-state index in [0.717, 1.165) is 11.3 Å². The second-order valence-electron chi connectivity index (χ2n) is 6.80. The zero-order valence-electron chi connectivity index (χ0n) is 16.8. The van der Waals surface area contributed by atoms with Gasteiger partial charge in [0.05, 0.1) is 16.8 Å². The minimum absolute atomic E-state index is 0.00977. The third-order valence-electron chi connectivity index (χ3n) is 4.70. The highest BCUT2D eigenvalue weighted by Gasteiger charge is 2.24. The van der Waals surface area contributed by atoms with E-state index in [2.05, 4.69) is 15.4 Å². The van der Waals surface area contributed by atoms with Gasteiger partial charge in [0, 0.05) is 17.8 Å². The number of nitro groups is 1. The van der Waals surface area contributed by atoms with Gasteiger partial charge in [-0.1, -0.05) is 42.5 Å². The molecule has 4 rings (SSSR count). The summed E-state index contributed by atoms with van der Waals surface area (Å²) in [6.07, 6.45) is 1.67. The molecule has 0 aliphatic rings. The molecule has 10 heteroatoms. The third-order valence-corrected chi connectivity index (χ3v) is 4.70. The number of nitro benzene ring substituents is 1. The number of nitrogens with one attached hydrogen (secondary N) is 1. The number of aromatic nitrogens is 3. The number of rotatable bonds is 6. The Morgan fingerprint density at radius 3 is 2.56 bits per heavy atom. The van der Waals surface area contributed by atoms with Crippen LogP contribution in [0.2, 0.25) is 0 Å². The molecular formula is C22H17N5O5. The average molecular weight is 431 g/mol. The Labute approximate surface area is 181 Å². The fourth-order valence-corrected chi connectivity index (χ4v) is 3.11. The van der Waals surface area contributed by atoms with Crippen LogP contribution >= 0.6 is 0 Å². The molecule has 0 radical (unpaired) electrons. The first-order valence-corrected chi connectivity index (χ1v) is 9.59. The number of nitrogens with zero attached hydrogens (tertiary/aromatic N) is 4. The molecule has 4 aromatic rings. The van der Waals surface area contributed by atoms with E-state index < -0.39 is 22.9 Å². The van der Waals surface area contributed by atoms with Crippen LogP contribution in [0.1, 0.15) is 17.3 Å². The van der Waals surface area contributed by atoms with Gasteiger partial charge < -0.3 is 10.1 Å². The molecule has 32 heavy (non-hydrogen) atoms. The standard InChI is InChI=1S/C22H17N5O5/c1-14(21(28)25-17-9-5-6-10-19(17)27(30)31)32-22(29)16-13-24-26-18(11-12-23-20(16)26)15-7-3-2-4-8-15/h2-14H,1H3,(H,25,28)/t14-/m0/s1. The van der Waals surface area contributed by atoms with Gasteiger partial charge in [0.2, 0.25) is 0 Å². The van der Waals surface area contributed by atoms with Gasteiger partial charge in [-0.25, -0.2) is 14.3 Å². The van der Waals surface area contributed by atoms with Crippen LogP contribution in [0.4, 0.5) is 11.4 Å². The van der Waals surface area contributed by atoms with E-state index in [0.29, 0.717) is 0 Å². The van der Waals surface area contributed by atoms with Crippen LogP contribution in [0.5, 0.6) is 0 Å². The zero-order chi connectivity index (χ0) is 22.7. The zero-order valence-corrected chi connectivity index (χ0v) is 16.8. The van der Waals surface area contributed by atoms with Crippen molar-refractivity contribution in [2.45, 2.75) is 13.0 Å². The number of carbonyl (C=O) groups excluding carboxylic acids is 2. The molecule has 0 aliphatic heterocycles. The second-order valence-corrected chi connectivity index (χ2v) is 6.80. The van der Waals surface area contributed by atoms with E-state index in [1.807, 2.05) is 30.3 Å². The van der Waals surface area contributed by atoms with Crippen molar-refractivity contribution in [2.24, 2.45) is 0 Å². The summed E-state index contributed by atoms with van der Waals surface area (Å²) in [5.41, 5.74) is 1.74. The van der Waals surface area contributed by atoms with Crippen molar-refractivity contribution in [2.75, 3.05) is 5.32 Å². The van der Waals surface area contributed by atoms with Crippen LogP contribution in [0.25, 0.3) is 16.9 Å². The first-order valence-electron chi connectivity index (χ1n) is 9.59. The summed E-state index contributed by atoms with van der Waals surface area (Å²) in [5.74, 6) is -1.50. The average Bonchev–Trinajstić information content (AvgIpc) is 3.24. The molecule has 160 valence electrons. The van der Waals surface area contributed by atoms with Gasteiger partial charge >= 0.3 is 5.97 Å². The Kier molecular flexibility index (Phi) is 5.58. The van der Waals surface area contributed by atoms with Gasteiger partial charge in [-0.3, -0.25) is 14.9 Å². The molecule has 0 saturated heterocycles. The predicted molar refractivity (Wildman–Crippen MR) is 115 cm³/mol.